The van der Waals surface area contributed by atoms with Gasteiger partial charge in [0.1, 0.15) is 11.6 Å². The summed E-state index contributed by atoms with van der Waals surface area (Å²) in [4.78, 5) is 16.6. The second-order valence-electron chi connectivity index (χ2n) is 11.8. The Labute approximate surface area is 248 Å². The lowest BCUT2D eigenvalue weighted by molar-refractivity contribution is -0.114. The molecule has 0 bridgehead atoms. The molecule has 3 atom stereocenters. The first-order valence-electron chi connectivity index (χ1n) is 14.1. The number of aromatic nitrogens is 2. The maximum Gasteiger partial charge on any atom is 0.249 e. The number of amides is 1. The third-order valence-corrected chi connectivity index (χ3v) is 9.19. The van der Waals surface area contributed by atoms with Crippen LogP contribution in [0.15, 0.2) is 72.8 Å². The number of halogens is 3. The van der Waals surface area contributed by atoms with Gasteiger partial charge in [-0.25, -0.2) is 13.8 Å². The molecular formula is C32H33ClF2N4O3. The standard InChI is InChI=1S/C32H33ClF2N4O3/c1-31(41)11-9-20(10-12-31)38-17-32(19-5-3-2-4-6-19)16-22-25(42-32)15-23(34)28(33)26(22)27-21(30(36)40)7-8-24(29(27)35)39-14-13-37-18-39/h2-8,13-15,18,20,24,29,38,41H,9-12,16-17H2,1H3,(H2,36,40)/t20?,24?,29?,31?,32-/m1/s1. The molecule has 1 aromatic heterocycles. The summed E-state index contributed by atoms with van der Waals surface area (Å²) in [6.07, 6.45) is 9.08. The first kappa shape index (κ1) is 28.6. The van der Waals surface area contributed by atoms with Crippen molar-refractivity contribution >= 4 is 23.1 Å². The second kappa shape index (κ2) is 10.9. The summed E-state index contributed by atoms with van der Waals surface area (Å²) >= 11 is 6.62. The number of benzene rings is 2. The molecule has 7 nitrogen and oxygen atoms in total. The number of rotatable bonds is 7. The van der Waals surface area contributed by atoms with Crippen LogP contribution in [0.2, 0.25) is 5.02 Å². The van der Waals surface area contributed by atoms with Crippen molar-refractivity contribution in [1.29, 1.82) is 0 Å². The fraction of sp³-hybridized carbons (Fsp3) is 0.375. The maximum atomic E-state index is 16.5. The van der Waals surface area contributed by atoms with E-state index in [-0.39, 0.29) is 39.9 Å². The summed E-state index contributed by atoms with van der Waals surface area (Å²) in [6, 6.07) is 10.2. The molecule has 4 N–H and O–H groups in total. The van der Waals surface area contributed by atoms with Crippen LogP contribution in [0.1, 0.15) is 55.3 Å². The smallest absolute Gasteiger partial charge is 0.249 e. The largest absolute Gasteiger partial charge is 0.480 e. The number of fused-ring (bicyclic) bond motifs is 1. The molecule has 2 unspecified atom stereocenters. The average molecular weight is 595 g/mol. The van der Waals surface area contributed by atoms with Gasteiger partial charge in [-0.3, -0.25) is 4.79 Å². The van der Waals surface area contributed by atoms with Gasteiger partial charge in [0.25, 0.3) is 0 Å². The van der Waals surface area contributed by atoms with Crippen LogP contribution in [-0.4, -0.2) is 44.9 Å². The minimum atomic E-state index is -1.77. The van der Waals surface area contributed by atoms with E-state index in [0.717, 1.165) is 18.4 Å². The number of hydrogen-bond donors (Lipinski definition) is 3. The van der Waals surface area contributed by atoms with Gasteiger partial charge in [0.15, 0.2) is 11.8 Å². The molecule has 2 heterocycles. The van der Waals surface area contributed by atoms with E-state index in [0.29, 0.717) is 24.9 Å². The summed E-state index contributed by atoms with van der Waals surface area (Å²) in [7, 11) is 0. The number of carbonyl (C=O) groups is 1. The van der Waals surface area contributed by atoms with E-state index in [1.165, 1.54) is 24.7 Å². The molecule has 6 rings (SSSR count). The summed E-state index contributed by atoms with van der Waals surface area (Å²) in [5, 5.41) is 13.7. The summed E-state index contributed by atoms with van der Waals surface area (Å²) in [5.41, 5.74) is 5.41. The van der Waals surface area contributed by atoms with Gasteiger partial charge in [-0.1, -0.05) is 54.1 Å². The highest BCUT2D eigenvalue weighted by Gasteiger charge is 2.46. The Morgan fingerprint density at radius 2 is 2.02 bits per heavy atom. The number of nitrogens with zero attached hydrogens (tertiary/aromatic N) is 2. The van der Waals surface area contributed by atoms with E-state index in [4.69, 9.17) is 22.1 Å². The topological polar surface area (TPSA) is 102 Å². The van der Waals surface area contributed by atoms with Crippen LogP contribution in [0.25, 0.3) is 5.57 Å². The highest BCUT2D eigenvalue weighted by Crippen LogP contribution is 2.50. The van der Waals surface area contributed by atoms with Gasteiger partial charge in [-0.05, 0) is 38.2 Å². The van der Waals surface area contributed by atoms with Crippen LogP contribution in [-0.2, 0) is 16.8 Å². The van der Waals surface area contributed by atoms with Gasteiger partial charge in [-0.15, -0.1) is 0 Å². The van der Waals surface area contributed by atoms with E-state index >= 15 is 8.78 Å². The van der Waals surface area contributed by atoms with E-state index in [1.54, 1.807) is 16.8 Å². The fourth-order valence-electron chi connectivity index (χ4n) is 6.46. The maximum absolute atomic E-state index is 16.5. The molecule has 0 radical (unpaired) electrons. The van der Waals surface area contributed by atoms with Crippen molar-refractivity contribution in [2.45, 2.75) is 68.5 Å². The number of ether oxygens (including phenoxy) is 1. The molecule has 42 heavy (non-hydrogen) atoms. The van der Waals surface area contributed by atoms with Crippen LogP contribution in [0.5, 0.6) is 5.75 Å². The fourth-order valence-corrected chi connectivity index (χ4v) is 6.73. The molecule has 1 amide bonds. The molecule has 220 valence electrons. The molecule has 1 saturated carbocycles. The quantitative estimate of drug-likeness (QED) is 0.350. The van der Waals surface area contributed by atoms with Crippen LogP contribution in [0.4, 0.5) is 8.78 Å². The first-order valence-corrected chi connectivity index (χ1v) is 14.5. The highest BCUT2D eigenvalue weighted by atomic mass is 35.5. The number of carbonyl (C=O) groups excluding carboxylic acids is 1. The highest BCUT2D eigenvalue weighted by molar-refractivity contribution is 6.33. The zero-order valence-corrected chi connectivity index (χ0v) is 24.0. The Morgan fingerprint density at radius 3 is 2.69 bits per heavy atom. The molecule has 2 aliphatic carbocycles. The summed E-state index contributed by atoms with van der Waals surface area (Å²) < 4.78 is 40.2. The van der Waals surface area contributed by atoms with Crippen molar-refractivity contribution in [2.75, 3.05) is 6.54 Å². The van der Waals surface area contributed by atoms with Crippen LogP contribution in [0, 0.1) is 5.82 Å². The molecule has 1 aliphatic heterocycles. The van der Waals surface area contributed by atoms with Gasteiger partial charge >= 0.3 is 0 Å². The van der Waals surface area contributed by atoms with Gasteiger partial charge in [0.05, 0.1) is 23.0 Å². The Morgan fingerprint density at radius 1 is 1.29 bits per heavy atom. The minimum Gasteiger partial charge on any atom is -0.480 e. The number of aliphatic hydroxyl groups is 1. The molecule has 0 saturated heterocycles. The van der Waals surface area contributed by atoms with Gasteiger partial charge in [0, 0.05) is 59.7 Å². The van der Waals surface area contributed by atoms with Crippen molar-refractivity contribution in [1.82, 2.24) is 14.9 Å². The molecule has 0 spiro atoms. The first-order chi connectivity index (χ1) is 20.1. The lowest BCUT2D eigenvalue weighted by atomic mass is 9.81. The molecule has 3 aliphatic rings. The van der Waals surface area contributed by atoms with E-state index < -0.39 is 35.1 Å². The Balaban J connectivity index is 1.43. The number of nitrogens with two attached hydrogens (primary N) is 1. The van der Waals surface area contributed by atoms with Crippen molar-refractivity contribution in [3.63, 3.8) is 0 Å². The molecule has 1 fully saturated rings. The number of imidazole rings is 1. The van der Waals surface area contributed by atoms with E-state index in [2.05, 4.69) is 10.3 Å². The molecular weight excluding hydrogens is 562 g/mol. The van der Waals surface area contributed by atoms with E-state index in [1.807, 2.05) is 37.3 Å². The molecule has 3 aromatic rings. The Hall–Kier alpha value is -3.53. The molecule has 10 heteroatoms. The van der Waals surface area contributed by atoms with Crippen LogP contribution < -0.4 is 15.8 Å². The van der Waals surface area contributed by atoms with Crippen LogP contribution in [0.3, 0.4) is 0 Å². The Bertz CT molecular complexity index is 1550. The monoisotopic (exact) mass is 594 g/mol. The lowest BCUT2D eigenvalue weighted by Gasteiger charge is -2.36. The van der Waals surface area contributed by atoms with Gasteiger partial charge in [-0.2, -0.15) is 0 Å². The third-order valence-electron chi connectivity index (χ3n) is 8.82. The van der Waals surface area contributed by atoms with Crippen molar-refractivity contribution in [2.24, 2.45) is 5.73 Å². The van der Waals surface area contributed by atoms with Crippen molar-refractivity contribution in [3.8, 4) is 5.75 Å². The zero-order valence-electron chi connectivity index (χ0n) is 23.2. The number of hydrogen-bond acceptors (Lipinski definition) is 5. The SMILES string of the molecule is CC1(O)CCC(NC[C@@]2(c3ccccc3)Cc3c(cc(F)c(Cl)c3C3=C(C(N)=O)C=CC(n4ccnc4)C3F)O2)CC1. The summed E-state index contributed by atoms with van der Waals surface area (Å²) in [5.74, 6) is -1.39. The van der Waals surface area contributed by atoms with Crippen LogP contribution >= 0.6 is 11.6 Å². The molecule has 2 aromatic carbocycles. The van der Waals surface area contributed by atoms with E-state index in [9.17, 15) is 9.90 Å². The van der Waals surface area contributed by atoms with Gasteiger partial charge < -0.3 is 25.5 Å². The summed E-state index contributed by atoms with van der Waals surface area (Å²) in [6.45, 7) is 2.24. The Kier molecular flexibility index (Phi) is 7.45. The number of alkyl halides is 1. The third kappa shape index (κ3) is 5.14. The predicted octanol–water partition coefficient (Wildman–Crippen LogP) is 5.18. The number of nitrogens with one attached hydrogen (secondary N) is 1. The second-order valence-corrected chi connectivity index (χ2v) is 12.1. The number of primary amides is 1. The van der Waals surface area contributed by atoms with Crippen molar-refractivity contribution < 1.29 is 23.4 Å². The zero-order chi connectivity index (χ0) is 29.6. The van der Waals surface area contributed by atoms with Gasteiger partial charge in [0.2, 0.25) is 5.91 Å². The normalized spacial score (nSPS) is 28.9. The van der Waals surface area contributed by atoms with Crippen molar-refractivity contribution in [3.05, 3.63) is 100 Å². The minimum absolute atomic E-state index is 0.0700. The average Bonchev–Trinajstić information content (AvgIpc) is 3.63. The predicted molar refractivity (Wildman–Crippen MR) is 156 cm³/mol. The lowest BCUT2D eigenvalue weighted by Crippen LogP contribution is -2.48. The number of allylic oxidation sites excluding steroid dienone is 2.